The second kappa shape index (κ2) is 6.82. The Kier molecular flexibility index (Phi) is 5.10. The molecule has 0 N–H and O–H groups in total. The number of Topliss-reactive ketones (excluding diaryl/α,β-unsaturated/α-hetero) is 1. The largest absolute Gasteiger partial charge is 0.367 e. The van der Waals surface area contributed by atoms with Crippen molar-refractivity contribution in [2.75, 3.05) is 19.7 Å². The fourth-order valence-corrected chi connectivity index (χ4v) is 2.36. The number of benzene rings is 1. The first kappa shape index (κ1) is 14.2. The summed E-state index contributed by atoms with van der Waals surface area (Å²) < 4.78 is 6.41. The van der Waals surface area contributed by atoms with E-state index in [1.54, 1.807) is 4.90 Å². The second-order valence-corrected chi connectivity index (χ2v) is 5.36. The Morgan fingerprint density at radius 3 is 2.63 bits per heavy atom. The minimum absolute atomic E-state index is 0.0421. The molecule has 1 saturated heterocycles. The van der Waals surface area contributed by atoms with Crippen molar-refractivity contribution in [2.45, 2.75) is 19.4 Å². The van der Waals surface area contributed by atoms with Crippen LogP contribution >= 0.6 is 15.9 Å². The van der Waals surface area contributed by atoms with Gasteiger partial charge in [0.05, 0.1) is 6.61 Å². The smallest absolute Gasteiger partial charge is 0.248 e. The van der Waals surface area contributed by atoms with Crippen molar-refractivity contribution in [1.29, 1.82) is 0 Å². The van der Waals surface area contributed by atoms with Gasteiger partial charge >= 0.3 is 0 Å². The van der Waals surface area contributed by atoms with Crippen LogP contribution in [0.25, 0.3) is 0 Å². The molecule has 0 aliphatic carbocycles. The number of amides is 1. The highest BCUT2D eigenvalue weighted by Gasteiger charge is 2.20. The van der Waals surface area contributed by atoms with Gasteiger partial charge in [-0.3, -0.25) is 9.59 Å². The summed E-state index contributed by atoms with van der Waals surface area (Å²) in [4.78, 5) is 24.6. The van der Waals surface area contributed by atoms with Crippen molar-refractivity contribution in [3.63, 3.8) is 0 Å². The summed E-state index contributed by atoms with van der Waals surface area (Å²) in [6, 6.07) is 7.76. The quantitative estimate of drug-likeness (QED) is 0.852. The molecule has 5 heteroatoms. The number of nitrogens with zero attached hydrogens (tertiary/aromatic N) is 1. The molecule has 0 radical (unpaired) electrons. The summed E-state index contributed by atoms with van der Waals surface area (Å²) in [7, 11) is 0. The van der Waals surface area contributed by atoms with Gasteiger partial charge in [0, 0.05) is 30.4 Å². The molecular formula is C14H16BrNO3. The first-order chi connectivity index (χ1) is 9.16. The molecular weight excluding hydrogens is 310 g/mol. The van der Waals surface area contributed by atoms with Gasteiger partial charge in [-0.2, -0.15) is 0 Å². The standard InChI is InChI=1S/C14H16BrNO3/c15-13-4-2-1-3-11(13)9-19-10-14(18)16-7-5-12(17)6-8-16/h1-4H,5-10H2. The van der Waals surface area contributed by atoms with Gasteiger partial charge in [0.2, 0.25) is 5.91 Å². The third kappa shape index (κ3) is 4.14. The van der Waals surface area contributed by atoms with E-state index >= 15 is 0 Å². The van der Waals surface area contributed by atoms with E-state index in [1.807, 2.05) is 24.3 Å². The van der Waals surface area contributed by atoms with Crippen molar-refractivity contribution in [3.05, 3.63) is 34.3 Å². The third-order valence-electron chi connectivity index (χ3n) is 3.11. The Morgan fingerprint density at radius 1 is 1.26 bits per heavy atom. The molecule has 0 saturated carbocycles. The summed E-state index contributed by atoms with van der Waals surface area (Å²) in [5, 5.41) is 0. The van der Waals surface area contributed by atoms with Crippen molar-refractivity contribution in [3.8, 4) is 0 Å². The monoisotopic (exact) mass is 325 g/mol. The van der Waals surface area contributed by atoms with Crippen molar-refractivity contribution in [1.82, 2.24) is 4.90 Å². The zero-order valence-corrected chi connectivity index (χ0v) is 12.2. The molecule has 1 heterocycles. The highest BCUT2D eigenvalue weighted by molar-refractivity contribution is 9.10. The van der Waals surface area contributed by atoms with E-state index in [9.17, 15) is 9.59 Å². The van der Waals surface area contributed by atoms with Gasteiger partial charge in [0.1, 0.15) is 12.4 Å². The number of carbonyl (C=O) groups excluding carboxylic acids is 2. The molecule has 4 nitrogen and oxygen atoms in total. The van der Waals surface area contributed by atoms with Gasteiger partial charge in [0.15, 0.2) is 0 Å². The molecule has 1 aromatic carbocycles. The maximum absolute atomic E-state index is 11.9. The van der Waals surface area contributed by atoms with Crippen LogP contribution < -0.4 is 0 Å². The zero-order chi connectivity index (χ0) is 13.7. The number of hydrogen-bond donors (Lipinski definition) is 0. The Labute approximate surface area is 120 Å². The molecule has 2 rings (SSSR count). The number of ether oxygens (including phenoxy) is 1. The zero-order valence-electron chi connectivity index (χ0n) is 10.6. The average molecular weight is 326 g/mol. The van der Waals surface area contributed by atoms with E-state index in [4.69, 9.17) is 4.74 Å². The van der Waals surface area contributed by atoms with E-state index in [2.05, 4.69) is 15.9 Å². The van der Waals surface area contributed by atoms with Crippen LogP contribution in [0.3, 0.4) is 0 Å². The first-order valence-corrected chi connectivity index (χ1v) is 7.07. The number of rotatable bonds is 4. The number of hydrogen-bond acceptors (Lipinski definition) is 3. The van der Waals surface area contributed by atoms with Crippen molar-refractivity contribution in [2.24, 2.45) is 0 Å². The van der Waals surface area contributed by atoms with Gasteiger partial charge in [-0.25, -0.2) is 0 Å². The van der Waals surface area contributed by atoms with Crippen LogP contribution in [-0.4, -0.2) is 36.3 Å². The van der Waals surface area contributed by atoms with Crippen LogP contribution in [0.15, 0.2) is 28.7 Å². The fourth-order valence-electron chi connectivity index (χ4n) is 1.96. The predicted octanol–water partition coefficient (Wildman–Crippen LogP) is 2.16. The lowest BCUT2D eigenvalue weighted by molar-refractivity contribution is -0.139. The Bertz CT molecular complexity index is 466. The van der Waals surface area contributed by atoms with Gasteiger partial charge in [-0.15, -0.1) is 0 Å². The average Bonchev–Trinajstić information content (AvgIpc) is 2.41. The number of likely N-dealkylation sites (tertiary alicyclic amines) is 1. The molecule has 1 aliphatic rings. The topological polar surface area (TPSA) is 46.6 Å². The molecule has 0 spiro atoms. The number of carbonyl (C=O) groups is 2. The summed E-state index contributed by atoms with van der Waals surface area (Å²) in [5.74, 6) is 0.192. The van der Waals surface area contributed by atoms with Crippen LogP contribution in [0, 0.1) is 0 Å². The molecule has 1 aromatic rings. The van der Waals surface area contributed by atoms with Crippen LogP contribution in [0.5, 0.6) is 0 Å². The summed E-state index contributed by atoms with van der Waals surface area (Å²) in [5.41, 5.74) is 1.02. The molecule has 1 amide bonds. The van der Waals surface area contributed by atoms with Crippen LogP contribution in [0.1, 0.15) is 18.4 Å². The highest BCUT2D eigenvalue weighted by atomic mass is 79.9. The fraction of sp³-hybridized carbons (Fsp3) is 0.429. The molecule has 0 bridgehead atoms. The van der Waals surface area contributed by atoms with E-state index in [-0.39, 0.29) is 18.3 Å². The molecule has 19 heavy (non-hydrogen) atoms. The Balaban J connectivity index is 1.75. The van der Waals surface area contributed by atoms with Crippen LogP contribution in [0.4, 0.5) is 0 Å². The van der Waals surface area contributed by atoms with E-state index < -0.39 is 0 Å². The van der Waals surface area contributed by atoms with Crippen LogP contribution in [-0.2, 0) is 20.9 Å². The second-order valence-electron chi connectivity index (χ2n) is 4.50. The first-order valence-electron chi connectivity index (χ1n) is 6.27. The minimum atomic E-state index is -0.0421. The molecule has 1 aliphatic heterocycles. The van der Waals surface area contributed by atoms with Crippen LogP contribution in [0.2, 0.25) is 0 Å². The van der Waals surface area contributed by atoms with Crippen molar-refractivity contribution >= 4 is 27.6 Å². The number of halogens is 1. The molecule has 1 fully saturated rings. The molecule has 102 valence electrons. The summed E-state index contributed by atoms with van der Waals surface area (Å²) in [6.45, 7) is 1.52. The maximum Gasteiger partial charge on any atom is 0.248 e. The minimum Gasteiger partial charge on any atom is -0.367 e. The maximum atomic E-state index is 11.9. The lowest BCUT2D eigenvalue weighted by Crippen LogP contribution is -2.40. The Hall–Kier alpha value is -1.20. The summed E-state index contributed by atoms with van der Waals surface area (Å²) >= 11 is 3.43. The van der Waals surface area contributed by atoms with E-state index in [0.717, 1.165) is 10.0 Å². The third-order valence-corrected chi connectivity index (χ3v) is 3.89. The normalized spacial score (nSPS) is 15.6. The van der Waals surface area contributed by atoms with Gasteiger partial charge in [-0.1, -0.05) is 34.1 Å². The lowest BCUT2D eigenvalue weighted by Gasteiger charge is -2.25. The Morgan fingerprint density at radius 2 is 1.95 bits per heavy atom. The molecule has 0 atom stereocenters. The van der Waals surface area contributed by atoms with E-state index in [1.165, 1.54) is 0 Å². The lowest BCUT2D eigenvalue weighted by atomic mass is 10.1. The summed E-state index contributed by atoms with van der Waals surface area (Å²) in [6.07, 6.45) is 0.936. The number of ketones is 1. The highest BCUT2D eigenvalue weighted by Crippen LogP contribution is 2.16. The number of piperidine rings is 1. The SMILES string of the molecule is O=C1CCN(C(=O)COCc2ccccc2Br)CC1. The van der Waals surface area contributed by atoms with E-state index in [0.29, 0.717) is 32.5 Å². The molecule has 0 unspecified atom stereocenters. The van der Waals surface area contributed by atoms with Crippen molar-refractivity contribution < 1.29 is 14.3 Å². The molecule has 0 aromatic heterocycles. The van der Waals surface area contributed by atoms with Gasteiger partial charge in [0.25, 0.3) is 0 Å². The predicted molar refractivity (Wildman–Crippen MR) is 74.6 cm³/mol. The van der Waals surface area contributed by atoms with Gasteiger partial charge in [-0.05, 0) is 11.6 Å². The van der Waals surface area contributed by atoms with Gasteiger partial charge < -0.3 is 9.64 Å².